The summed E-state index contributed by atoms with van der Waals surface area (Å²) in [5.74, 6) is 3.11. The van der Waals surface area contributed by atoms with E-state index in [1.54, 1.807) is 17.0 Å². The van der Waals surface area contributed by atoms with Crippen molar-refractivity contribution in [2.75, 3.05) is 79.2 Å². The van der Waals surface area contributed by atoms with E-state index in [4.69, 9.17) is 47.4 Å². The van der Waals surface area contributed by atoms with Crippen molar-refractivity contribution >= 4 is 41.5 Å². The van der Waals surface area contributed by atoms with Gasteiger partial charge >= 0.3 is 0 Å². The molecule has 0 bridgehead atoms. The molecule has 5 saturated carbocycles. The standard InChI is InChI=1S/C24H36N6O3.C21H29N5O3.C21H28N4O3.2C20H27N5O3/c1-15-10-19(30(27-15)24(2,3)4)23(31)25-18-13-32-22-20(14-33-21(18)22)29-12-17(26-28-29)11-16-8-6-5-7-9-16;1-25-8-7-15(10-25)21(27)22-17-12-28-20-18(13-29-19(17)20)26-11-16(23-24-26)9-14-5-3-2-4-6-14;26-21(15-8-4-5-9-15)22-17-12-27-20-18(13-28-19(17)20)25-11-16(23-24-25)10-14-6-2-1-3-7-14;26-20(15-7-4-8-21-15)22-16-11-27-19-17(12-28-18(16)19)25-10-14(23-24-25)9-13-5-2-1-3-6-13;26-20(14-6-7-21-9-14)22-16-11-27-19-17(12-28-18(16)19)25-10-15(23-24-25)8-13-4-2-1-3-5-13/h10,12,16,18,20-22H,5-9,11,13-14H2,1-4H3,(H,25,31);7-8,10-11,14,17-20H,2-6,9,12-13H2,1H3,(H,22,27);4,8-9,11,14,17-20H,1-3,5-7,10,12-13H2,(H,22,26);4,7,10,13,16-19H,1-3,5-6,8-9,11-12H2,(H,22,26);6,9-10,13,16-19H,1-5,7-8,11-12H2,(H,22,26). The van der Waals surface area contributed by atoms with Crippen LogP contribution in [0.25, 0.3) is 0 Å². The second-order valence-corrected chi connectivity index (χ2v) is 44.6. The highest BCUT2D eigenvalue weighted by Crippen LogP contribution is 2.43. The predicted octanol–water partition coefficient (Wildman–Crippen LogP) is 9.26. The minimum atomic E-state index is -0.285. The van der Waals surface area contributed by atoms with E-state index in [1.807, 2.05) is 118 Å². The summed E-state index contributed by atoms with van der Waals surface area (Å²) in [7, 11) is 1.90. The number of hydrogen-bond acceptors (Lipinski definition) is 28. The van der Waals surface area contributed by atoms with E-state index in [-0.39, 0.29) is 157 Å². The lowest BCUT2D eigenvalue weighted by Gasteiger charge is -2.23. The van der Waals surface area contributed by atoms with Gasteiger partial charge in [0.25, 0.3) is 29.5 Å². The first-order valence-corrected chi connectivity index (χ1v) is 54.5. The van der Waals surface area contributed by atoms with Gasteiger partial charge in [0.05, 0.1) is 160 Å². The number of carbonyl (C=O) groups is 5. The number of ether oxygens (including phenoxy) is 10. The number of aryl methyl sites for hydroxylation is 2. The molecule has 10 saturated heterocycles. The Morgan fingerprint density at radius 1 is 0.363 bits per heavy atom. The lowest BCUT2D eigenvalue weighted by molar-refractivity contribution is -0.119. The molecule has 18 aliphatic rings. The maximum atomic E-state index is 13.1. The fourth-order valence-electron chi connectivity index (χ4n) is 25.1. The van der Waals surface area contributed by atoms with E-state index in [2.05, 4.69) is 124 Å². The molecule has 7 aromatic heterocycles. The van der Waals surface area contributed by atoms with Crippen molar-refractivity contribution in [2.45, 2.75) is 354 Å². The van der Waals surface area contributed by atoms with Gasteiger partial charge in [-0.05, 0) is 120 Å². The molecule has 19 heterocycles. The van der Waals surface area contributed by atoms with Crippen molar-refractivity contribution in [3.8, 4) is 0 Å². The number of carbonyl (C=O) groups excluding carboxylic acids is 5. The van der Waals surface area contributed by atoms with Gasteiger partial charge in [0, 0.05) is 62.2 Å². The predicted molar refractivity (Wildman–Crippen MR) is 534 cm³/mol. The van der Waals surface area contributed by atoms with Crippen LogP contribution in [0, 0.1) is 36.5 Å². The summed E-state index contributed by atoms with van der Waals surface area (Å²) < 4.78 is 73.4. The Kier molecular flexibility index (Phi) is 32.4. The molecule has 7 aromatic rings. The van der Waals surface area contributed by atoms with E-state index in [0.717, 1.165) is 108 Å². The molecular formula is C106H147N25O15. The van der Waals surface area contributed by atoms with Gasteiger partial charge in [-0.25, -0.2) is 23.4 Å². The van der Waals surface area contributed by atoms with Crippen molar-refractivity contribution in [3.63, 3.8) is 0 Å². The lowest BCUT2D eigenvalue weighted by atomic mass is 9.86. The van der Waals surface area contributed by atoms with Crippen LogP contribution >= 0.6 is 0 Å². The third kappa shape index (κ3) is 24.0. The van der Waals surface area contributed by atoms with E-state index >= 15 is 0 Å². The number of nitrogens with one attached hydrogen (secondary N) is 5. The minimum absolute atomic E-state index is 0.00299. The van der Waals surface area contributed by atoms with Crippen LogP contribution in [0.5, 0.6) is 0 Å². The fraction of sp³-hybridized carbons (Fsp3) is 0.698. The van der Waals surface area contributed by atoms with E-state index in [0.29, 0.717) is 102 Å². The largest absolute Gasteiger partial charge is 0.371 e. The molecule has 25 rings (SSSR count). The van der Waals surface area contributed by atoms with Crippen LogP contribution in [0.3, 0.4) is 0 Å². The first-order valence-electron chi connectivity index (χ1n) is 54.5. The molecule has 0 spiro atoms. The smallest absolute Gasteiger partial charge is 0.269 e. The maximum absolute atomic E-state index is 13.1. The molecular weight excluding hydrogens is 1860 g/mol. The monoisotopic (exact) mass is 2010 g/mol. The second kappa shape index (κ2) is 46.7. The molecule has 146 heavy (non-hydrogen) atoms. The van der Waals surface area contributed by atoms with Gasteiger partial charge in [-0.3, -0.25) is 38.6 Å². The van der Waals surface area contributed by atoms with Crippen LogP contribution < -0.4 is 26.6 Å². The number of aromatic nitrogens is 18. The number of allylic oxidation sites excluding steroid dienone is 2. The van der Waals surface area contributed by atoms with Crippen LogP contribution in [0.1, 0.15) is 273 Å². The molecule has 20 atom stereocenters. The zero-order valence-corrected chi connectivity index (χ0v) is 85.1. The zero-order valence-electron chi connectivity index (χ0n) is 85.1. The Bertz CT molecular complexity index is 5480. The molecule has 40 nitrogen and oxygen atoms in total. The quantitative estimate of drug-likeness (QED) is 0.0356. The van der Waals surface area contributed by atoms with Gasteiger partial charge in [-0.1, -0.05) is 211 Å². The number of rotatable bonds is 25. The molecule has 0 radical (unpaired) electrons. The van der Waals surface area contributed by atoms with E-state index in [1.165, 1.54) is 161 Å². The van der Waals surface area contributed by atoms with E-state index in [9.17, 15) is 24.0 Å². The molecule has 0 aromatic carbocycles. The van der Waals surface area contributed by atoms with E-state index < -0.39 is 0 Å². The summed E-state index contributed by atoms with van der Waals surface area (Å²) in [6.07, 6.45) is 64.5. The molecule has 5 N–H and O–H groups in total. The highest BCUT2D eigenvalue weighted by molar-refractivity contribution is 6.44. The third-order valence-electron chi connectivity index (χ3n) is 32.9. The van der Waals surface area contributed by atoms with Gasteiger partial charge in [-0.2, -0.15) is 5.10 Å². The van der Waals surface area contributed by atoms with Crippen LogP contribution in [0.2, 0.25) is 0 Å². The van der Waals surface area contributed by atoms with Gasteiger partial charge in [-0.15, -0.1) is 25.5 Å². The molecule has 20 unspecified atom stereocenters. The van der Waals surface area contributed by atoms with Crippen molar-refractivity contribution in [3.05, 3.63) is 149 Å². The Morgan fingerprint density at radius 3 is 0.993 bits per heavy atom. The van der Waals surface area contributed by atoms with Crippen LogP contribution in [-0.4, -0.2) is 301 Å². The Morgan fingerprint density at radius 2 is 0.692 bits per heavy atom. The highest BCUT2D eigenvalue weighted by atomic mass is 16.6. The number of aliphatic imine (C=N–C) groups is 2. The average Bonchev–Trinajstić information content (AvgIpc) is 1.64. The highest BCUT2D eigenvalue weighted by Gasteiger charge is 2.55. The lowest BCUT2D eigenvalue weighted by Crippen LogP contribution is -2.46. The second-order valence-electron chi connectivity index (χ2n) is 44.6. The minimum Gasteiger partial charge on any atom is -0.371 e. The van der Waals surface area contributed by atoms with Crippen molar-refractivity contribution < 1.29 is 71.3 Å². The first-order chi connectivity index (χ1) is 71.3. The molecule has 786 valence electrons. The van der Waals surface area contributed by atoms with Crippen LogP contribution in [0.15, 0.2) is 113 Å². The fourth-order valence-corrected chi connectivity index (χ4v) is 25.1. The summed E-state index contributed by atoms with van der Waals surface area (Å²) in [6, 6.07) is 2.86. The van der Waals surface area contributed by atoms with Crippen LogP contribution in [-0.2, 0) is 106 Å². The van der Waals surface area contributed by atoms with Gasteiger partial charge in [0.1, 0.15) is 103 Å². The molecule has 6 aliphatic carbocycles. The Hall–Kier alpha value is -10.6. The van der Waals surface area contributed by atoms with Crippen molar-refractivity contribution in [1.82, 2.24) is 116 Å². The van der Waals surface area contributed by atoms with Crippen LogP contribution in [0.4, 0.5) is 0 Å². The summed E-state index contributed by atoms with van der Waals surface area (Å²) in [6.45, 7) is 14.0. The SMILES string of the molecule is Cc1cc(C(=O)NC2COC3C2OCC3n2cc(CC3CCCCC3)nn2)n(C(C)(C)C)n1.Cn1ccc(C(=O)NC2COC3C2OCC3n2cc(CC3CCCCC3)nn2)c1.O=C(NC1COC2C1OCC2n1cc(CC2CCCCC2)nn1)C1=CCC=C1.O=C(NC1COC2C1OCC2n1cc(CC2CCCCC2)nn1)C1=CCN=C1.O=C(NC1COC2C1OCC2n1cc(CC2CCCCC2)nn1)C1=NCC=C1. The summed E-state index contributed by atoms with van der Waals surface area (Å²) in [5.41, 5.74) is 8.86. The van der Waals surface area contributed by atoms with Gasteiger partial charge in [0.15, 0.2) is 0 Å². The zero-order chi connectivity index (χ0) is 99.7. The Balaban J connectivity index is 0.000000107. The number of amides is 5. The maximum Gasteiger partial charge on any atom is 0.269 e. The normalized spacial score (nSPS) is 31.0. The molecule has 40 heteroatoms. The summed E-state index contributed by atoms with van der Waals surface area (Å²) in [5, 5.41) is 63.7. The molecule has 12 aliphatic heterocycles. The van der Waals surface area contributed by atoms with Gasteiger partial charge in [0.2, 0.25) is 0 Å². The number of fused-ring (bicyclic) bond motifs is 5. The summed E-state index contributed by atoms with van der Waals surface area (Å²) in [4.78, 5) is 70.8. The summed E-state index contributed by atoms with van der Waals surface area (Å²) >= 11 is 0. The van der Waals surface area contributed by atoms with Crippen molar-refractivity contribution in [2.24, 2.45) is 46.6 Å². The topological polar surface area (TPSA) is 439 Å². The average molecular weight is 2010 g/mol. The molecule has 5 amide bonds. The molecule has 15 fully saturated rings. The van der Waals surface area contributed by atoms with Crippen molar-refractivity contribution in [1.29, 1.82) is 0 Å². The number of hydrogen-bond donors (Lipinski definition) is 5. The Labute approximate surface area is 852 Å². The number of nitrogens with zero attached hydrogens (tertiary/aromatic N) is 20. The third-order valence-corrected chi connectivity index (χ3v) is 32.9. The van der Waals surface area contributed by atoms with Gasteiger partial charge < -0.3 is 78.5 Å². The first kappa shape index (κ1) is 101.